The minimum Gasteiger partial charge on any atom is -0.465 e. The molecule has 0 atom stereocenters. The fourth-order valence-corrected chi connectivity index (χ4v) is 1.31. The van der Waals surface area contributed by atoms with Crippen LogP contribution in [0.15, 0.2) is 17.0 Å². The summed E-state index contributed by atoms with van der Waals surface area (Å²) in [6.07, 6.45) is 0. The smallest absolute Gasteiger partial charge is 0.338 e. The Kier molecular flexibility index (Phi) is 2.83. The summed E-state index contributed by atoms with van der Waals surface area (Å²) in [4.78, 5) is 11.9. The SMILES string of the molecule is COC(=O)c1cc(N)cc(S)c1C. The van der Waals surface area contributed by atoms with E-state index in [1.807, 2.05) is 0 Å². The molecule has 0 aliphatic rings. The van der Waals surface area contributed by atoms with E-state index in [0.717, 1.165) is 5.56 Å². The minimum absolute atomic E-state index is 0.389. The highest BCUT2D eigenvalue weighted by atomic mass is 32.1. The maximum Gasteiger partial charge on any atom is 0.338 e. The molecule has 0 aliphatic carbocycles. The van der Waals surface area contributed by atoms with Crippen molar-refractivity contribution in [3.63, 3.8) is 0 Å². The van der Waals surface area contributed by atoms with Gasteiger partial charge < -0.3 is 10.5 Å². The maximum absolute atomic E-state index is 11.2. The van der Waals surface area contributed by atoms with Crippen molar-refractivity contribution >= 4 is 24.3 Å². The molecule has 0 unspecified atom stereocenters. The average Bonchev–Trinajstić information content (AvgIpc) is 2.10. The number of thiol groups is 1. The Balaban J connectivity index is 3.28. The van der Waals surface area contributed by atoms with E-state index >= 15 is 0 Å². The lowest BCUT2D eigenvalue weighted by atomic mass is 10.1. The topological polar surface area (TPSA) is 52.3 Å². The standard InChI is InChI=1S/C9H11NO2S/c1-5-7(9(11)12-2)3-6(10)4-8(5)13/h3-4,13H,10H2,1-2H3. The molecule has 1 rings (SSSR count). The summed E-state index contributed by atoms with van der Waals surface area (Å²) in [5.74, 6) is -0.389. The van der Waals surface area contributed by atoms with Gasteiger partial charge in [-0.1, -0.05) is 0 Å². The van der Waals surface area contributed by atoms with Crippen molar-refractivity contribution < 1.29 is 9.53 Å². The predicted octanol–water partition coefficient (Wildman–Crippen LogP) is 1.65. The fraction of sp³-hybridized carbons (Fsp3) is 0.222. The van der Waals surface area contributed by atoms with Gasteiger partial charge >= 0.3 is 5.97 Å². The molecule has 1 aromatic carbocycles. The van der Waals surface area contributed by atoms with Crippen molar-refractivity contribution in [2.45, 2.75) is 11.8 Å². The van der Waals surface area contributed by atoms with Crippen LogP contribution in [0, 0.1) is 6.92 Å². The van der Waals surface area contributed by atoms with Gasteiger partial charge in [0.25, 0.3) is 0 Å². The minimum atomic E-state index is -0.389. The van der Waals surface area contributed by atoms with Crippen molar-refractivity contribution in [1.29, 1.82) is 0 Å². The molecule has 4 heteroatoms. The highest BCUT2D eigenvalue weighted by molar-refractivity contribution is 7.80. The first-order valence-corrected chi connectivity index (χ1v) is 4.18. The molecule has 1 aromatic rings. The fourth-order valence-electron chi connectivity index (χ4n) is 1.04. The normalized spacial score (nSPS) is 9.77. The van der Waals surface area contributed by atoms with Crippen LogP contribution < -0.4 is 5.73 Å². The van der Waals surface area contributed by atoms with Crippen LogP contribution in [-0.4, -0.2) is 13.1 Å². The number of anilines is 1. The third-order valence-electron chi connectivity index (χ3n) is 1.81. The van der Waals surface area contributed by atoms with Gasteiger partial charge in [-0.2, -0.15) is 0 Å². The first kappa shape index (κ1) is 9.92. The summed E-state index contributed by atoms with van der Waals surface area (Å²) in [5.41, 5.74) is 7.32. The molecule has 70 valence electrons. The Hall–Kier alpha value is -1.16. The number of nitrogens with two attached hydrogens (primary N) is 1. The zero-order chi connectivity index (χ0) is 10.0. The Morgan fingerprint density at radius 2 is 2.15 bits per heavy atom. The van der Waals surface area contributed by atoms with E-state index in [-0.39, 0.29) is 5.97 Å². The van der Waals surface area contributed by atoms with Gasteiger partial charge in [-0.25, -0.2) is 4.79 Å². The van der Waals surface area contributed by atoms with Gasteiger partial charge in [-0.05, 0) is 24.6 Å². The number of ether oxygens (including phenoxy) is 1. The van der Waals surface area contributed by atoms with E-state index < -0.39 is 0 Å². The molecule has 0 spiro atoms. The second kappa shape index (κ2) is 3.70. The number of hydrogen-bond acceptors (Lipinski definition) is 4. The number of hydrogen-bond donors (Lipinski definition) is 2. The highest BCUT2D eigenvalue weighted by Gasteiger charge is 2.11. The van der Waals surface area contributed by atoms with Crippen LogP contribution in [0.2, 0.25) is 0 Å². The molecule has 2 N–H and O–H groups in total. The van der Waals surface area contributed by atoms with Crippen LogP contribution in [0.25, 0.3) is 0 Å². The molecule has 0 saturated carbocycles. The van der Waals surface area contributed by atoms with E-state index in [1.54, 1.807) is 19.1 Å². The molecular weight excluding hydrogens is 186 g/mol. The van der Waals surface area contributed by atoms with Crippen molar-refractivity contribution in [2.75, 3.05) is 12.8 Å². The van der Waals surface area contributed by atoms with Crippen LogP contribution in [0.4, 0.5) is 5.69 Å². The highest BCUT2D eigenvalue weighted by Crippen LogP contribution is 2.21. The third-order valence-corrected chi connectivity index (χ3v) is 2.27. The van der Waals surface area contributed by atoms with E-state index in [4.69, 9.17) is 5.73 Å². The van der Waals surface area contributed by atoms with Crippen LogP contribution in [-0.2, 0) is 4.74 Å². The van der Waals surface area contributed by atoms with Gasteiger partial charge in [0.2, 0.25) is 0 Å². The molecule has 0 fully saturated rings. The average molecular weight is 197 g/mol. The maximum atomic E-state index is 11.2. The molecule has 0 aliphatic heterocycles. The van der Waals surface area contributed by atoms with Crippen molar-refractivity contribution in [3.8, 4) is 0 Å². The lowest BCUT2D eigenvalue weighted by molar-refractivity contribution is 0.0599. The predicted molar refractivity (Wildman–Crippen MR) is 54.2 cm³/mol. The van der Waals surface area contributed by atoms with E-state index in [1.165, 1.54) is 7.11 Å². The molecule has 0 bridgehead atoms. The number of rotatable bonds is 1. The lowest BCUT2D eigenvalue weighted by Gasteiger charge is -2.07. The van der Waals surface area contributed by atoms with E-state index in [2.05, 4.69) is 17.4 Å². The number of esters is 1. The first-order chi connectivity index (χ1) is 6.06. The number of carbonyl (C=O) groups excluding carboxylic acids is 1. The Morgan fingerprint density at radius 1 is 1.54 bits per heavy atom. The molecular formula is C9H11NO2S. The van der Waals surface area contributed by atoms with Crippen LogP contribution >= 0.6 is 12.6 Å². The number of carbonyl (C=O) groups is 1. The van der Waals surface area contributed by atoms with Crippen LogP contribution in [0.1, 0.15) is 15.9 Å². The van der Waals surface area contributed by atoms with Crippen molar-refractivity contribution in [1.82, 2.24) is 0 Å². The second-order valence-electron chi connectivity index (χ2n) is 2.70. The molecule has 0 saturated heterocycles. The van der Waals surface area contributed by atoms with Gasteiger partial charge in [0.1, 0.15) is 0 Å². The molecule has 0 radical (unpaired) electrons. The van der Waals surface area contributed by atoms with Gasteiger partial charge in [0, 0.05) is 10.6 Å². The zero-order valence-corrected chi connectivity index (χ0v) is 8.39. The number of benzene rings is 1. The summed E-state index contributed by atoms with van der Waals surface area (Å²) >= 11 is 4.18. The first-order valence-electron chi connectivity index (χ1n) is 3.73. The molecule has 13 heavy (non-hydrogen) atoms. The molecule has 0 amide bonds. The summed E-state index contributed by atoms with van der Waals surface area (Å²) in [5, 5.41) is 0. The quantitative estimate of drug-likeness (QED) is 0.409. The lowest BCUT2D eigenvalue weighted by Crippen LogP contribution is -2.05. The summed E-state index contributed by atoms with van der Waals surface area (Å²) in [7, 11) is 1.34. The zero-order valence-electron chi connectivity index (χ0n) is 7.50. The molecule has 0 heterocycles. The van der Waals surface area contributed by atoms with Gasteiger partial charge in [-0.15, -0.1) is 12.6 Å². The van der Waals surface area contributed by atoms with Crippen molar-refractivity contribution in [2.24, 2.45) is 0 Å². The molecule has 0 aromatic heterocycles. The Morgan fingerprint density at radius 3 is 2.69 bits per heavy atom. The Labute approximate surface area is 82.3 Å². The van der Waals surface area contributed by atoms with Gasteiger partial charge in [0.15, 0.2) is 0 Å². The van der Waals surface area contributed by atoms with Crippen LogP contribution in [0.5, 0.6) is 0 Å². The van der Waals surface area contributed by atoms with E-state index in [9.17, 15) is 4.79 Å². The monoisotopic (exact) mass is 197 g/mol. The van der Waals surface area contributed by atoms with Gasteiger partial charge in [-0.3, -0.25) is 0 Å². The van der Waals surface area contributed by atoms with E-state index in [0.29, 0.717) is 16.1 Å². The third kappa shape index (κ3) is 1.95. The molecule has 3 nitrogen and oxygen atoms in total. The number of methoxy groups -OCH3 is 1. The number of nitrogen functional groups attached to an aromatic ring is 1. The second-order valence-corrected chi connectivity index (χ2v) is 3.19. The summed E-state index contributed by atoms with van der Waals surface area (Å²) in [6, 6.07) is 3.28. The summed E-state index contributed by atoms with van der Waals surface area (Å²) in [6.45, 7) is 1.80. The largest absolute Gasteiger partial charge is 0.465 e. The van der Waals surface area contributed by atoms with Gasteiger partial charge in [0.05, 0.1) is 12.7 Å². The summed E-state index contributed by atoms with van der Waals surface area (Å²) < 4.78 is 4.60. The Bertz CT molecular complexity index is 350. The van der Waals surface area contributed by atoms with Crippen LogP contribution in [0.3, 0.4) is 0 Å². The van der Waals surface area contributed by atoms with Crippen molar-refractivity contribution in [3.05, 3.63) is 23.3 Å².